The van der Waals surface area contributed by atoms with E-state index in [0.717, 1.165) is 5.56 Å². The first-order valence-electron chi connectivity index (χ1n) is 16.4. The number of rotatable bonds is 18. The quantitative estimate of drug-likeness (QED) is 0.0363. The zero-order chi connectivity index (χ0) is 36.6. The first-order valence-corrected chi connectivity index (χ1v) is 18.0. The Kier molecular flexibility index (Phi) is 16.2. The molecular weight excluding hydrogens is 707 g/mol. The van der Waals surface area contributed by atoms with Gasteiger partial charge < -0.3 is 47.9 Å². The second-order valence-corrected chi connectivity index (χ2v) is 13.6. The maximum absolute atomic E-state index is 14.9. The van der Waals surface area contributed by atoms with Crippen LogP contribution in [0.4, 0.5) is 4.79 Å². The van der Waals surface area contributed by atoms with Crippen LogP contribution < -0.4 is 54.3 Å². The Labute approximate surface area is 309 Å². The highest BCUT2D eigenvalue weighted by Gasteiger charge is 2.43. The molecule has 3 atom stereocenters. The summed E-state index contributed by atoms with van der Waals surface area (Å²) >= 11 is 0. The Morgan fingerprint density at radius 2 is 1.29 bits per heavy atom. The van der Waals surface area contributed by atoms with E-state index in [9.17, 15) is 18.9 Å². The molecule has 0 aromatic heterocycles. The minimum absolute atomic E-state index is 0. The van der Waals surface area contributed by atoms with Crippen molar-refractivity contribution in [2.45, 2.75) is 50.7 Å². The van der Waals surface area contributed by atoms with E-state index in [1.54, 1.807) is 97.1 Å². The fourth-order valence-corrected chi connectivity index (χ4v) is 6.79. The molecule has 4 rings (SSSR count). The number of amidine groups is 1. The van der Waals surface area contributed by atoms with Crippen molar-refractivity contribution in [2.75, 3.05) is 6.54 Å². The van der Waals surface area contributed by atoms with Crippen LogP contribution in [0.3, 0.4) is 0 Å². The molecule has 0 radical (unpaired) electrons. The third kappa shape index (κ3) is 12.4. The van der Waals surface area contributed by atoms with Gasteiger partial charge in [-0.1, -0.05) is 78.9 Å². The second-order valence-electron chi connectivity index (χ2n) is 11.6. The summed E-state index contributed by atoms with van der Waals surface area (Å²) in [6.45, 7) is 1.88. The normalized spacial score (nSPS) is 12.5. The Morgan fingerprint density at radius 1 is 0.750 bits per heavy atom. The van der Waals surface area contributed by atoms with Crippen molar-refractivity contribution < 1.29 is 50.5 Å². The number of ether oxygens (including phenoxy) is 1. The number of para-hydroxylation sites is 2. The van der Waals surface area contributed by atoms with Crippen LogP contribution in [0.25, 0.3) is 0 Å². The smallest absolute Gasteiger partial charge is 0.457 e. The molecule has 0 heterocycles. The van der Waals surface area contributed by atoms with E-state index in [4.69, 9.17) is 30.7 Å². The predicted molar refractivity (Wildman–Crippen MR) is 193 cm³/mol. The fraction of sp³-hybridized carbons (Fsp3) is 0.243. The highest BCUT2D eigenvalue weighted by molar-refractivity contribution is 7.55. The van der Waals surface area contributed by atoms with Gasteiger partial charge >= 0.3 is 13.7 Å². The van der Waals surface area contributed by atoms with E-state index in [2.05, 4.69) is 16.0 Å². The summed E-state index contributed by atoms with van der Waals surface area (Å²) in [6.07, 6.45) is 0.611. The maximum Gasteiger partial charge on any atom is 0.457 e. The minimum Gasteiger partial charge on any atom is -1.00 e. The lowest BCUT2D eigenvalue weighted by Gasteiger charge is -2.29. The molecule has 1 unspecified atom stereocenters. The van der Waals surface area contributed by atoms with E-state index in [1.807, 2.05) is 18.2 Å². The average molecular weight is 751 g/mol. The van der Waals surface area contributed by atoms with Gasteiger partial charge in [-0.2, -0.15) is 0 Å². The van der Waals surface area contributed by atoms with Crippen molar-refractivity contribution in [2.24, 2.45) is 11.5 Å². The molecule has 4 aromatic rings. The number of carbonyl (C=O) groups excluding carboxylic acids is 3. The van der Waals surface area contributed by atoms with Crippen LogP contribution in [0, 0.1) is 0 Å². The number of hydrogen-bond donors (Lipinski definition) is 6. The third-order valence-electron chi connectivity index (χ3n) is 7.63. The molecule has 0 aliphatic carbocycles. The molecule has 0 saturated carbocycles. The van der Waals surface area contributed by atoms with Gasteiger partial charge in [0.15, 0.2) is 5.78 Å². The van der Waals surface area contributed by atoms with Crippen LogP contribution in [-0.4, -0.2) is 42.4 Å². The van der Waals surface area contributed by atoms with Crippen LogP contribution in [0.2, 0.25) is 0 Å². The van der Waals surface area contributed by atoms with Crippen LogP contribution in [0.15, 0.2) is 115 Å². The number of nitrogens with one attached hydrogen (secondary N) is 3. The van der Waals surface area contributed by atoms with Gasteiger partial charge in [0.2, 0.25) is 11.8 Å². The molecule has 276 valence electrons. The summed E-state index contributed by atoms with van der Waals surface area (Å²) in [5.74, 6) is -2.16. The van der Waals surface area contributed by atoms with E-state index >= 15 is 0 Å². The average Bonchev–Trinajstić information content (AvgIpc) is 3.13. The number of benzene rings is 4. The van der Waals surface area contributed by atoms with Crippen molar-refractivity contribution in [1.29, 1.82) is 0 Å². The Morgan fingerprint density at radius 3 is 1.81 bits per heavy atom. The SMILES string of the molecule is C[C@H](NC(=O)[C@H](CCCCN)NC(=O)OCc1ccccc1)C(=O)NC(c1ccc(C(N)=[NH2+])cc1)P(=O)(Oc1ccccc1)Oc1ccccc1.[Cl-]. The molecular formula is C37H44ClN6O7P. The van der Waals surface area contributed by atoms with Gasteiger partial charge in [0.05, 0.1) is 5.56 Å². The zero-order valence-electron chi connectivity index (χ0n) is 28.7. The summed E-state index contributed by atoms with van der Waals surface area (Å²) in [5.41, 5.74) is 13.1. The van der Waals surface area contributed by atoms with E-state index in [1.165, 1.54) is 6.92 Å². The minimum atomic E-state index is -4.35. The van der Waals surface area contributed by atoms with Gasteiger partial charge in [-0.15, -0.1) is 0 Å². The maximum atomic E-state index is 14.9. The van der Waals surface area contributed by atoms with Crippen molar-refractivity contribution in [3.05, 3.63) is 132 Å². The molecule has 3 amide bonds. The summed E-state index contributed by atoms with van der Waals surface area (Å²) in [7, 11) is -4.35. The Balaban J connectivity index is 0.00000729. The first kappa shape index (κ1) is 41.1. The number of unbranched alkanes of at least 4 members (excludes halogenated alkanes) is 1. The van der Waals surface area contributed by atoms with E-state index < -0.39 is 43.4 Å². The molecule has 0 bridgehead atoms. The fourth-order valence-electron chi connectivity index (χ4n) is 4.89. The monoisotopic (exact) mass is 750 g/mol. The molecule has 0 aliphatic heterocycles. The number of carbonyl (C=O) groups is 3. The van der Waals surface area contributed by atoms with Crippen molar-refractivity contribution in [1.82, 2.24) is 16.0 Å². The Bertz CT molecular complexity index is 1740. The van der Waals surface area contributed by atoms with Crippen LogP contribution in [0.1, 0.15) is 48.7 Å². The molecule has 15 heteroatoms. The highest BCUT2D eigenvalue weighted by Crippen LogP contribution is 2.59. The molecule has 13 nitrogen and oxygen atoms in total. The second kappa shape index (κ2) is 20.5. The predicted octanol–water partition coefficient (Wildman–Crippen LogP) is 0.550. The molecule has 4 aromatic carbocycles. The van der Waals surface area contributed by atoms with Gasteiger partial charge in [0.25, 0.3) is 5.84 Å². The lowest BCUT2D eigenvalue weighted by atomic mass is 10.1. The van der Waals surface area contributed by atoms with Crippen LogP contribution in [-0.2, 0) is 25.5 Å². The number of nitrogens with two attached hydrogens (primary N) is 3. The van der Waals surface area contributed by atoms with Crippen LogP contribution in [0.5, 0.6) is 11.5 Å². The van der Waals surface area contributed by atoms with Crippen LogP contribution >= 0.6 is 7.60 Å². The molecule has 9 N–H and O–H groups in total. The topological polar surface area (TPSA) is 210 Å². The summed E-state index contributed by atoms with van der Waals surface area (Å²) in [4.78, 5) is 40.0. The highest BCUT2D eigenvalue weighted by atomic mass is 35.5. The lowest BCUT2D eigenvalue weighted by molar-refractivity contribution is -0.129. The summed E-state index contributed by atoms with van der Waals surface area (Å²) in [5, 5.41) is 13.8. The van der Waals surface area contributed by atoms with Gasteiger partial charge in [0, 0.05) is 0 Å². The Hall–Kier alpha value is -5.36. The number of alkyl carbamates (subject to hydrolysis) is 1. The molecule has 0 saturated heterocycles. The molecule has 52 heavy (non-hydrogen) atoms. The molecule has 0 aliphatic rings. The molecule has 0 fully saturated rings. The van der Waals surface area contributed by atoms with Gasteiger partial charge in [-0.25, -0.2) is 9.36 Å². The van der Waals surface area contributed by atoms with Gasteiger partial charge in [-0.05, 0) is 80.3 Å². The zero-order valence-corrected chi connectivity index (χ0v) is 30.3. The van der Waals surface area contributed by atoms with E-state index in [-0.39, 0.29) is 42.8 Å². The number of halogens is 1. The summed E-state index contributed by atoms with van der Waals surface area (Å²) < 4.78 is 32.4. The van der Waals surface area contributed by atoms with Crippen molar-refractivity contribution in [3.8, 4) is 11.5 Å². The van der Waals surface area contributed by atoms with Crippen molar-refractivity contribution >= 4 is 31.3 Å². The van der Waals surface area contributed by atoms with Crippen molar-refractivity contribution in [3.63, 3.8) is 0 Å². The number of amides is 3. The third-order valence-corrected chi connectivity index (χ3v) is 9.62. The largest absolute Gasteiger partial charge is 1.00 e. The van der Waals surface area contributed by atoms with E-state index in [0.29, 0.717) is 30.5 Å². The molecule has 0 spiro atoms. The van der Waals surface area contributed by atoms with Gasteiger partial charge in [-0.3, -0.25) is 20.7 Å². The number of hydrogen-bond acceptors (Lipinski definition) is 8. The standard InChI is InChI=1S/C37H43N6O7P.ClH/c1-26(41-35(45)32(19-11-12-24-38)42-37(46)48-25-27-13-5-2-6-14-27)34(44)43-36(29-22-20-28(21-23-29)33(39)40)51(47,49-30-15-7-3-8-16-30)50-31-17-9-4-10-18-31;/h2-10,13-18,20-23,26,32,36H,11-12,19,24-25,38H2,1H3,(H3,39,40)(H,41,45)(H,42,46)(H,43,44);1H/t26-,32-,36?;/m0./s1. The van der Waals surface area contributed by atoms with Gasteiger partial charge in [0.1, 0.15) is 30.2 Å². The lowest BCUT2D eigenvalue weighted by Crippen LogP contribution is -3.00. The summed E-state index contributed by atoms with van der Waals surface area (Å²) in [6, 6.07) is 30.1. The first-order chi connectivity index (χ1) is 24.6.